The second kappa shape index (κ2) is 5.17. The van der Waals surface area contributed by atoms with Crippen LogP contribution in [0.15, 0.2) is 66.8 Å². The van der Waals surface area contributed by atoms with Gasteiger partial charge in [0.2, 0.25) is 5.43 Å². The third-order valence-electron chi connectivity index (χ3n) is 3.50. The van der Waals surface area contributed by atoms with Crippen molar-refractivity contribution in [2.24, 2.45) is 0 Å². The lowest BCUT2D eigenvalue weighted by Crippen LogP contribution is -2.21. The van der Waals surface area contributed by atoms with Gasteiger partial charge in [-0.15, -0.1) is 0 Å². The number of nitrogens with one attached hydrogen (secondary N) is 1. The summed E-state index contributed by atoms with van der Waals surface area (Å²) in [5.74, 6) is 0.227. The Hall–Kier alpha value is -3.28. The first-order chi connectivity index (χ1) is 11.2. The van der Waals surface area contributed by atoms with Gasteiger partial charge in [-0.05, 0) is 24.3 Å². The van der Waals surface area contributed by atoms with Gasteiger partial charge in [0.1, 0.15) is 16.7 Å². The molecular formula is C17H11NO5. The SMILES string of the molecule is O=C(NCc1ccco1)c1cc2c(=O)c3ccccc3oc2o1. The third kappa shape index (κ3) is 2.30. The molecule has 0 unspecified atom stereocenters. The topological polar surface area (TPSA) is 85.6 Å². The van der Waals surface area contributed by atoms with E-state index >= 15 is 0 Å². The summed E-state index contributed by atoms with van der Waals surface area (Å²) in [5, 5.41) is 3.34. The number of rotatable bonds is 3. The largest absolute Gasteiger partial charge is 0.467 e. The highest BCUT2D eigenvalue weighted by Gasteiger charge is 2.17. The first-order valence-corrected chi connectivity index (χ1v) is 6.98. The lowest BCUT2D eigenvalue weighted by atomic mass is 10.2. The van der Waals surface area contributed by atoms with Crippen LogP contribution in [0.3, 0.4) is 0 Å². The summed E-state index contributed by atoms with van der Waals surface area (Å²) in [6.07, 6.45) is 1.52. The Balaban J connectivity index is 1.71. The standard InChI is InChI=1S/C17H11NO5/c19-15-11-5-1-2-6-13(11)22-17-12(15)8-14(23-17)16(20)18-9-10-4-3-7-21-10/h1-8H,9H2,(H,18,20). The predicted octanol–water partition coefficient (Wildman–Crippen LogP) is 3.06. The smallest absolute Gasteiger partial charge is 0.302 e. The van der Waals surface area contributed by atoms with Crippen molar-refractivity contribution in [3.63, 3.8) is 0 Å². The van der Waals surface area contributed by atoms with Crippen LogP contribution in [0, 0.1) is 0 Å². The molecule has 3 heterocycles. The minimum absolute atomic E-state index is 0.0164. The van der Waals surface area contributed by atoms with Crippen molar-refractivity contribution in [3.05, 3.63) is 70.5 Å². The van der Waals surface area contributed by atoms with Crippen molar-refractivity contribution in [1.82, 2.24) is 5.32 Å². The Morgan fingerprint density at radius 3 is 2.74 bits per heavy atom. The van der Waals surface area contributed by atoms with E-state index in [2.05, 4.69) is 5.32 Å². The lowest BCUT2D eigenvalue weighted by Gasteiger charge is -1.99. The molecule has 0 bridgehead atoms. The predicted molar refractivity (Wildman–Crippen MR) is 82.1 cm³/mol. The molecule has 0 saturated heterocycles. The van der Waals surface area contributed by atoms with Crippen molar-refractivity contribution >= 4 is 28.0 Å². The Bertz CT molecular complexity index is 1060. The Morgan fingerprint density at radius 1 is 1.04 bits per heavy atom. The second-order valence-corrected chi connectivity index (χ2v) is 5.00. The summed E-state index contributed by atoms with van der Waals surface area (Å²) in [6, 6.07) is 11.7. The van der Waals surface area contributed by atoms with Crippen LogP contribution in [-0.2, 0) is 6.54 Å². The van der Waals surface area contributed by atoms with Crippen LogP contribution in [0.25, 0.3) is 22.1 Å². The van der Waals surface area contributed by atoms with E-state index in [1.807, 2.05) is 0 Å². The number of carbonyl (C=O) groups is 1. The zero-order valence-electron chi connectivity index (χ0n) is 11.9. The van der Waals surface area contributed by atoms with Gasteiger partial charge in [0.05, 0.1) is 18.2 Å². The fourth-order valence-corrected chi connectivity index (χ4v) is 2.38. The molecule has 0 aliphatic heterocycles. The van der Waals surface area contributed by atoms with Gasteiger partial charge in [-0.1, -0.05) is 12.1 Å². The van der Waals surface area contributed by atoms with E-state index in [0.29, 0.717) is 16.7 Å². The summed E-state index contributed by atoms with van der Waals surface area (Å²) in [5.41, 5.74) is 0.192. The molecule has 0 aliphatic carbocycles. The number of furan rings is 2. The van der Waals surface area contributed by atoms with E-state index in [1.54, 1.807) is 36.4 Å². The van der Waals surface area contributed by atoms with E-state index in [1.165, 1.54) is 12.3 Å². The Morgan fingerprint density at radius 2 is 1.91 bits per heavy atom. The summed E-state index contributed by atoms with van der Waals surface area (Å²) in [7, 11) is 0. The number of hydrogen-bond donors (Lipinski definition) is 1. The first-order valence-electron chi connectivity index (χ1n) is 6.98. The number of amides is 1. The number of fused-ring (bicyclic) bond motifs is 2. The summed E-state index contributed by atoms with van der Waals surface area (Å²) in [6.45, 7) is 0.228. The van der Waals surface area contributed by atoms with E-state index in [9.17, 15) is 9.59 Å². The Labute approximate surface area is 129 Å². The van der Waals surface area contributed by atoms with Crippen LogP contribution in [0.4, 0.5) is 0 Å². The fraction of sp³-hybridized carbons (Fsp3) is 0.0588. The zero-order chi connectivity index (χ0) is 15.8. The lowest BCUT2D eigenvalue weighted by molar-refractivity contribution is 0.0920. The minimum Gasteiger partial charge on any atom is -0.467 e. The van der Waals surface area contributed by atoms with Gasteiger partial charge in [-0.3, -0.25) is 9.59 Å². The molecule has 3 aromatic heterocycles. The summed E-state index contributed by atoms with van der Waals surface area (Å²) < 4.78 is 16.1. The van der Waals surface area contributed by atoms with E-state index < -0.39 is 5.91 Å². The molecule has 0 atom stereocenters. The van der Waals surface area contributed by atoms with Gasteiger partial charge in [0.15, 0.2) is 5.76 Å². The van der Waals surface area contributed by atoms with Crippen LogP contribution in [0.2, 0.25) is 0 Å². The molecule has 1 N–H and O–H groups in total. The number of benzene rings is 1. The van der Waals surface area contributed by atoms with Crippen molar-refractivity contribution in [1.29, 1.82) is 0 Å². The van der Waals surface area contributed by atoms with Crippen LogP contribution in [0.5, 0.6) is 0 Å². The maximum absolute atomic E-state index is 12.4. The summed E-state index contributed by atoms with van der Waals surface area (Å²) >= 11 is 0. The summed E-state index contributed by atoms with van der Waals surface area (Å²) in [4.78, 5) is 24.5. The monoisotopic (exact) mass is 309 g/mol. The minimum atomic E-state index is -0.448. The maximum atomic E-state index is 12.4. The molecule has 6 nitrogen and oxygen atoms in total. The van der Waals surface area contributed by atoms with E-state index in [-0.39, 0.29) is 28.9 Å². The molecule has 0 spiro atoms. The molecule has 1 amide bonds. The van der Waals surface area contributed by atoms with Crippen molar-refractivity contribution in [2.75, 3.05) is 0 Å². The molecular weight excluding hydrogens is 298 g/mol. The third-order valence-corrected chi connectivity index (χ3v) is 3.50. The van der Waals surface area contributed by atoms with Crippen LogP contribution in [-0.4, -0.2) is 5.91 Å². The second-order valence-electron chi connectivity index (χ2n) is 5.00. The molecule has 23 heavy (non-hydrogen) atoms. The molecule has 1 aromatic carbocycles. The molecule has 6 heteroatoms. The molecule has 0 aliphatic rings. The number of hydrogen-bond acceptors (Lipinski definition) is 5. The van der Waals surface area contributed by atoms with Crippen LogP contribution >= 0.6 is 0 Å². The first kappa shape index (κ1) is 13.4. The molecule has 0 fully saturated rings. The van der Waals surface area contributed by atoms with Crippen LogP contribution in [0.1, 0.15) is 16.3 Å². The van der Waals surface area contributed by atoms with Gasteiger partial charge in [-0.2, -0.15) is 0 Å². The highest BCUT2D eigenvalue weighted by Crippen LogP contribution is 2.21. The van der Waals surface area contributed by atoms with Crippen molar-refractivity contribution < 1.29 is 18.0 Å². The zero-order valence-corrected chi connectivity index (χ0v) is 11.9. The molecule has 4 aromatic rings. The molecule has 114 valence electrons. The van der Waals surface area contributed by atoms with Gasteiger partial charge in [0.25, 0.3) is 5.91 Å². The average molecular weight is 309 g/mol. The van der Waals surface area contributed by atoms with Gasteiger partial charge >= 0.3 is 5.78 Å². The van der Waals surface area contributed by atoms with Gasteiger partial charge in [-0.25, -0.2) is 0 Å². The van der Waals surface area contributed by atoms with Crippen LogP contribution < -0.4 is 10.7 Å². The highest BCUT2D eigenvalue weighted by atomic mass is 16.5. The number of carbonyl (C=O) groups excluding carboxylic acids is 1. The molecule has 0 radical (unpaired) electrons. The van der Waals surface area contributed by atoms with E-state index in [0.717, 1.165) is 0 Å². The van der Waals surface area contributed by atoms with Gasteiger partial charge < -0.3 is 18.6 Å². The normalized spacial score (nSPS) is 11.1. The highest BCUT2D eigenvalue weighted by molar-refractivity contribution is 5.97. The fourth-order valence-electron chi connectivity index (χ4n) is 2.38. The van der Waals surface area contributed by atoms with E-state index in [4.69, 9.17) is 13.3 Å². The van der Waals surface area contributed by atoms with Gasteiger partial charge in [0, 0.05) is 6.07 Å². The average Bonchev–Trinajstić information content (AvgIpc) is 3.22. The molecule has 4 rings (SSSR count). The maximum Gasteiger partial charge on any atom is 0.302 e. The van der Waals surface area contributed by atoms with Crippen molar-refractivity contribution in [3.8, 4) is 0 Å². The van der Waals surface area contributed by atoms with Crippen molar-refractivity contribution in [2.45, 2.75) is 6.54 Å². The Kier molecular flexibility index (Phi) is 3.01. The molecule has 0 saturated carbocycles. The number of para-hydroxylation sites is 1. The quantitative estimate of drug-likeness (QED) is 0.628.